The van der Waals surface area contributed by atoms with Gasteiger partial charge in [-0.3, -0.25) is 29.4 Å². The smallest absolute Gasteiger partial charge is 0.250 e. The summed E-state index contributed by atoms with van der Waals surface area (Å²) in [6, 6.07) is 11.5. The largest absolute Gasteiger partial charge is 0.496 e. The second-order valence-electron chi connectivity index (χ2n) is 8.79. The molecule has 0 aliphatic carbocycles. The summed E-state index contributed by atoms with van der Waals surface area (Å²) in [6.07, 6.45) is 0.220. The predicted molar refractivity (Wildman–Crippen MR) is 123 cm³/mol. The molecule has 5 rings (SSSR count). The van der Waals surface area contributed by atoms with E-state index in [1.165, 1.54) is 12.0 Å². The van der Waals surface area contributed by atoms with Crippen molar-refractivity contribution in [2.24, 2.45) is 17.6 Å². The molecule has 3 aliphatic heterocycles. The van der Waals surface area contributed by atoms with E-state index in [-0.39, 0.29) is 19.4 Å². The number of fused-ring (bicyclic) bond motifs is 4. The minimum Gasteiger partial charge on any atom is -0.496 e. The third kappa shape index (κ3) is 3.19. The number of halogens is 1. The number of hydrogen-bond acceptors (Lipinski definition) is 6. The Labute approximate surface area is 200 Å². The van der Waals surface area contributed by atoms with Crippen molar-refractivity contribution in [1.29, 1.82) is 0 Å². The number of hydrogen-bond donors (Lipinski definition) is 3. The van der Waals surface area contributed by atoms with Gasteiger partial charge >= 0.3 is 0 Å². The van der Waals surface area contributed by atoms with Crippen molar-refractivity contribution in [2.45, 2.75) is 31.0 Å². The number of likely N-dealkylation sites (tertiary alicyclic amines) is 1. The minimum atomic E-state index is -1.48. The Morgan fingerprint density at radius 2 is 1.94 bits per heavy atom. The van der Waals surface area contributed by atoms with Crippen molar-refractivity contribution in [3.63, 3.8) is 0 Å². The van der Waals surface area contributed by atoms with Crippen molar-refractivity contribution in [3.8, 4) is 5.75 Å². The highest BCUT2D eigenvalue weighted by atomic mass is 35.5. The van der Waals surface area contributed by atoms with Crippen LogP contribution in [0.1, 0.15) is 24.0 Å². The van der Waals surface area contributed by atoms with E-state index in [2.05, 4.69) is 10.6 Å². The molecule has 1 spiro atoms. The van der Waals surface area contributed by atoms with Crippen LogP contribution in [-0.2, 0) is 31.3 Å². The first kappa shape index (κ1) is 22.4. The summed E-state index contributed by atoms with van der Waals surface area (Å²) in [5.74, 6) is -3.09. The molecule has 0 bridgehead atoms. The third-order valence-electron chi connectivity index (χ3n) is 6.99. The van der Waals surface area contributed by atoms with Crippen LogP contribution in [0.4, 0.5) is 5.69 Å². The van der Waals surface area contributed by atoms with Crippen molar-refractivity contribution in [3.05, 3.63) is 58.6 Å². The van der Waals surface area contributed by atoms with Gasteiger partial charge in [0.05, 0.1) is 25.5 Å². The molecule has 0 unspecified atom stereocenters. The summed E-state index contributed by atoms with van der Waals surface area (Å²) in [6.45, 7) is 0.0112. The van der Waals surface area contributed by atoms with Crippen LogP contribution >= 0.6 is 11.6 Å². The first-order valence-corrected chi connectivity index (χ1v) is 11.3. The summed E-state index contributed by atoms with van der Waals surface area (Å²) in [7, 11) is 1.52. The number of nitrogens with two attached hydrogens (primary N) is 1. The first-order chi connectivity index (χ1) is 16.3. The van der Waals surface area contributed by atoms with Gasteiger partial charge in [-0.1, -0.05) is 29.8 Å². The number of amides is 4. The fourth-order valence-electron chi connectivity index (χ4n) is 5.54. The number of rotatable bonds is 6. The molecule has 4 atom stereocenters. The Morgan fingerprint density at radius 3 is 2.68 bits per heavy atom. The highest BCUT2D eigenvalue weighted by Crippen LogP contribution is 2.54. The number of anilines is 1. The van der Waals surface area contributed by atoms with Crippen molar-refractivity contribution in [1.82, 2.24) is 10.2 Å². The Bertz CT molecular complexity index is 1230. The van der Waals surface area contributed by atoms with Crippen LogP contribution in [0.2, 0.25) is 5.02 Å². The van der Waals surface area contributed by atoms with Crippen LogP contribution in [0.15, 0.2) is 42.5 Å². The summed E-state index contributed by atoms with van der Waals surface area (Å²) in [4.78, 5) is 53.5. The zero-order valence-electron chi connectivity index (χ0n) is 18.3. The van der Waals surface area contributed by atoms with Gasteiger partial charge in [-0.15, -0.1) is 0 Å². The zero-order chi connectivity index (χ0) is 24.2. The summed E-state index contributed by atoms with van der Waals surface area (Å²) in [5, 5.41) is 6.47. The topological polar surface area (TPSA) is 131 Å². The van der Waals surface area contributed by atoms with Crippen molar-refractivity contribution >= 4 is 40.9 Å². The van der Waals surface area contributed by atoms with Gasteiger partial charge in [0.15, 0.2) is 0 Å². The van der Waals surface area contributed by atoms with Gasteiger partial charge in [0.2, 0.25) is 23.6 Å². The Kier molecular flexibility index (Phi) is 5.33. The Hall–Kier alpha value is -3.43. The molecule has 2 aromatic rings. The Morgan fingerprint density at radius 1 is 1.18 bits per heavy atom. The molecule has 2 aromatic carbocycles. The highest BCUT2D eigenvalue weighted by Gasteiger charge is 2.70. The van der Waals surface area contributed by atoms with Gasteiger partial charge < -0.3 is 15.8 Å². The lowest BCUT2D eigenvalue weighted by Gasteiger charge is -2.29. The van der Waals surface area contributed by atoms with Crippen molar-refractivity contribution in [2.75, 3.05) is 12.4 Å². The van der Waals surface area contributed by atoms with E-state index < -0.39 is 47.0 Å². The van der Waals surface area contributed by atoms with E-state index in [0.29, 0.717) is 27.6 Å². The number of imide groups is 1. The fourth-order valence-corrected chi connectivity index (χ4v) is 5.71. The lowest BCUT2D eigenvalue weighted by atomic mass is 9.76. The maximum absolute atomic E-state index is 13.8. The number of benzene rings is 2. The van der Waals surface area contributed by atoms with E-state index in [1.807, 2.05) is 0 Å². The highest BCUT2D eigenvalue weighted by molar-refractivity contribution is 6.31. The third-order valence-corrected chi connectivity index (χ3v) is 7.23. The van der Waals surface area contributed by atoms with E-state index >= 15 is 0 Å². The van der Waals surface area contributed by atoms with Gasteiger partial charge in [-0.25, -0.2) is 0 Å². The molecule has 4 amide bonds. The van der Waals surface area contributed by atoms with Gasteiger partial charge in [0.25, 0.3) is 0 Å². The monoisotopic (exact) mass is 482 g/mol. The maximum atomic E-state index is 13.8. The minimum absolute atomic E-state index is 0.00890. The number of primary amides is 1. The standard InChI is InChI=1S/C24H23ClN4O5/c1-34-17-5-3-2-4-12(17)11-29-21(31)19-16(8-9-18(26)30)28-24(20(19)22(29)32)14-10-13(25)6-7-15(14)27-23(24)33/h2-7,10,16,19-20,28H,8-9,11H2,1H3,(H2,26,30)(H,27,33)/t16-,19+,20-,24-/m0/s1. The molecule has 0 aromatic heterocycles. The van der Waals surface area contributed by atoms with E-state index in [0.717, 1.165) is 0 Å². The number of methoxy groups -OCH3 is 1. The SMILES string of the molecule is COc1ccccc1CN1C(=O)[C@@H]2[C@H](CCC(N)=O)N[C@]3(C(=O)Nc4ccc(Cl)cc43)[C@@H]2C1=O. The molecule has 0 saturated carbocycles. The summed E-state index contributed by atoms with van der Waals surface area (Å²) in [5.41, 5.74) is 5.59. The molecule has 176 valence electrons. The van der Waals surface area contributed by atoms with Crippen LogP contribution < -0.4 is 21.1 Å². The van der Waals surface area contributed by atoms with E-state index in [9.17, 15) is 19.2 Å². The molecule has 34 heavy (non-hydrogen) atoms. The number of nitrogens with one attached hydrogen (secondary N) is 2. The molecular formula is C24H23ClN4O5. The average Bonchev–Trinajstić information content (AvgIpc) is 3.39. The van der Waals surface area contributed by atoms with Crippen LogP contribution in [0.3, 0.4) is 0 Å². The number of ether oxygens (including phenoxy) is 1. The number of para-hydroxylation sites is 1. The molecule has 10 heteroatoms. The molecule has 2 saturated heterocycles. The Balaban J connectivity index is 1.59. The molecule has 3 heterocycles. The fraction of sp³-hybridized carbons (Fsp3) is 0.333. The molecule has 0 radical (unpaired) electrons. The van der Waals surface area contributed by atoms with Gasteiger partial charge in [-0.05, 0) is 30.7 Å². The average molecular weight is 483 g/mol. The van der Waals surface area contributed by atoms with Crippen LogP contribution in [0, 0.1) is 11.8 Å². The predicted octanol–water partition coefficient (Wildman–Crippen LogP) is 1.53. The quantitative estimate of drug-likeness (QED) is 0.535. The molecule has 2 fully saturated rings. The van der Waals surface area contributed by atoms with Crippen molar-refractivity contribution < 1.29 is 23.9 Å². The van der Waals surface area contributed by atoms with Crippen LogP contribution in [-0.4, -0.2) is 41.7 Å². The second-order valence-corrected chi connectivity index (χ2v) is 9.22. The first-order valence-electron chi connectivity index (χ1n) is 10.9. The maximum Gasteiger partial charge on any atom is 0.250 e. The van der Waals surface area contributed by atoms with Gasteiger partial charge in [0.1, 0.15) is 11.3 Å². The number of nitrogens with zero attached hydrogens (tertiary/aromatic N) is 1. The van der Waals surface area contributed by atoms with E-state index in [4.69, 9.17) is 22.1 Å². The summed E-state index contributed by atoms with van der Waals surface area (Å²) < 4.78 is 5.38. The lowest BCUT2D eigenvalue weighted by molar-refractivity contribution is -0.143. The van der Waals surface area contributed by atoms with Crippen LogP contribution in [0.5, 0.6) is 5.75 Å². The summed E-state index contributed by atoms with van der Waals surface area (Å²) >= 11 is 6.24. The number of carbonyl (C=O) groups is 4. The molecule has 4 N–H and O–H groups in total. The lowest BCUT2D eigenvalue weighted by Crippen LogP contribution is -2.53. The van der Waals surface area contributed by atoms with Crippen LogP contribution in [0.25, 0.3) is 0 Å². The molecule has 3 aliphatic rings. The normalized spacial score (nSPS) is 27.2. The zero-order valence-corrected chi connectivity index (χ0v) is 19.1. The van der Waals surface area contributed by atoms with E-state index in [1.54, 1.807) is 42.5 Å². The molecule has 9 nitrogen and oxygen atoms in total. The number of carbonyl (C=O) groups excluding carboxylic acids is 4. The van der Waals surface area contributed by atoms with Gasteiger partial charge in [-0.2, -0.15) is 0 Å². The second kappa shape index (κ2) is 8.11. The van der Waals surface area contributed by atoms with Gasteiger partial charge in [0, 0.05) is 34.3 Å². The molecular weight excluding hydrogens is 460 g/mol.